The quantitative estimate of drug-likeness (QED) is 0.722. The molecule has 1 aromatic rings. The van der Waals surface area contributed by atoms with Crippen LogP contribution in [-0.2, 0) is 6.54 Å². The maximum atomic E-state index is 9.32. The van der Waals surface area contributed by atoms with Gasteiger partial charge in [0.05, 0.1) is 25.4 Å². The van der Waals surface area contributed by atoms with Crippen molar-refractivity contribution >= 4 is 0 Å². The van der Waals surface area contributed by atoms with Gasteiger partial charge in [-0.1, -0.05) is 5.21 Å². The molecule has 7 heteroatoms. The first-order valence-corrected chi connectivity index (χ1v) is 6.20. The Morgan fingerprint density at radius 1 is 1.50 bits per heavy atom. The van der Waals surface area contributed by atoms with Crippen LogP contribution in [0.15, 0.2) is 6.20 Å². The third-order valence-electron chi connectivity index (χ3n) is 3.03. The van der Waals surface area contributed by atoms with Crippen LogP contribution in [0.1, 0.15) is 18.2 Å². The highest BCUT2D eigenvalue weighted by molar-refractivity contribution is 5.11. The van der Waals surface area contributed by atoms with E-state index in [2.05, 4.69) is 26.6 Å². The fraction of sp³-hybridized carbons (Fsp3) is 0.727. The van der Waals surface area contributed by atoms with E-state index in [1.54, 1.807) is 10.9 Å². The summed E-state index contributed by atoms with van der Waals surface area (Å²) in [4.78, 5) is 2.12. The van der Waals surface area contributed by atoms with Gasteiger partial charge in [0.1, 0.15) is 11.7 Å². The smallest absolute Gasteiger partial charge is 0.144 e. The van der Waals surface area contributed by atoms with Gasteiger partial charge in [-0.05, 0) is 13.0 Å². The molecule has 1 aliphatic rings. The standard InChI is InChI=1S/C11H18N6O/c12-8-11(16-4-1-2-13-3-5-16)10-9-17(6-7-18)15-14-10/h9,11,13,18H,1-7H2. The molecular formula is C11H18N6O. The summed E-state index contributed by atoms with van der Waals surface area (Å²) >= 11 is 0. The summed E-state index contributed by atoms with van der Waals surface area (Å²) in [6.07, 6.45) is 2.77. The molecule has 1 saturated heterocycles. The van der Waals surface area contributed by atoms with E-state index in [9.17, 15) is 5.26 Å². The highest BCUT2D eigenvalue weighted by Crippen LogP contribution is 2.18. The summed E-state index contributed by atoms with van der Waals surface area (Å²) in [5.41, 5.74) is 0.660. The van der Waals surface area contributed by atoms with Crippen molar-refractivity contribution in [2.24, 2.45) is 0 Å². The fourth-order valence-electron chi connectivity index (χ4n) is 2.11. The number of aromatic nitrogens is 3. The van der Waals surface area contributed by atoms with Crippen molar-refractivity contribution < 1.29 is 5.11 Å². The normalized spacial score (nSPS) is 19.1. The Kier molecular flexibility index (Phi) is 4.64. The Balaban J connectivity index is 2.08. The Labute approximate surface area is 106 Å². The van der Waals surface area contributed by atoms with Crippen molar-refractivity contribution in [2.45, 2.75) is 19.0 Å². The van der Waals surface area contributed by atoms with E-state index >= 15 is 0 Å². The minimum absolute atomic E-state index is 0.0215. The highest BCUT2D eigenvalue weighted by atomic mass is 16.3. The summed E-state index contributed by atoms with van der Waals surface area (Å²) < 4.78 is 1.57. The fourth-order valence-corrected chi connectivity index (χ4v) is 2.11. The lowest BCUT2D eigenvalue weighted by molar-refractivity contribution is 0.248. The van der Waals surface area contributed by atoms with Crippen molar-refractivity contribution in [1.29, 1.82) is 5.26 Å². The minimum atomic E-state index is -0.350. The molecule has 0 bridgehead atoms. The molecule has 2 heterocycles. The molecule has 0 aliphatic carbocycles. The third-order valence-corrected chi connectivity index (χ3v) is 3.03. The Morgan fingerprint density at radius 2 is 2.39 bits per heavy atom. The summed E-state index contributed by atoms with van der Waals surface area (Å²) in [5.74, 6) is 0. The van der Waals surface area contributed by atoms with E-state index in [-0.39, 0.29) is 12.6 Å². The number of aliphatic hydroxyl groups is 1. The number of nitrogens with one attached hydrogen (secondary N) is 1. The maximum Gasteiger partial charge on any atom is 0.144 e. The summed E-state index contributed by atoms with van der Waals surface area (Å²) in [7, 11) is 0. The monoisotopic (exact) mass is 250 g/mol. The van der Waals surface area contributed by atoms with Gasteiger partial charge in [0.2, 0.25) is 0 Å². The van der Waals surface area contributed by atoms with E-state index in [4.69, 9.17) is 5.11 Å². The molecule has 98 valence electrons. The van der Waals surface area contributed by atoms with Crippen LogP contribution < -0.4 is 5.32 Å². The molecule has 0 saturated carbocycles. The van der Waals surface area contributed by atoms with Crippen molar-refractivity contribution in [1.82, 2.24) is 25.2 Å². The zero-order valence-electron chi connectivity index (χ0n) is 10.3. The lowest BCUT2D eigenvalue weighted by Crippen LogP contribution is -2.31. The van der Waals surface area contributed by atoms with Gasteiger partial charge in [0, 0.05) is 19.6 Å². The molecule has 1 atom stereocenters. The van der Waals surface area contributed by atoms with Crippen LogP contribution in [0.4, 0.5) is 0 Å². The maximum absolute atomic E-state index is 9.32. The first-order chi connectivity index (χ1) is 8.85. The molecule has 0 radical (unpaired) electrons. The molecule has 1 fully saturated rings. The van der Waals surface area contributed by atoms with Crippen LogP contribution in [0, 0.1) is 11.3 Å². The van der Waals surface area contributed by atoms with Crippen LogP contribution in [0.5, 0.6) is 0 Å². The Hall–Kier alpha value is -1.49. The Bertz CT molecular complexity index is 404. The molecule has 2 N–H and O–H groups in total. The molecule has 1 aromatic heterocycles. The molecule has 0 aromatic carbocycles. The Morgan fingerprint density at radius 3 is 3.17 bits per heavy atom. The van der Waals surface area contributed by atoms with Crippen LogP contribution >= 0.6 is 0 Å². The van der Waals surface area contributed by atoms with Crippen LogP contribution in [0.25, 0.3) is 0 Å². The van der Waals surface area contributed by atoms with Crippen LogP contribution in [-0.4, -0.2) is 57.8 Å². The lowest BCUT2D eigenvalue weighted by Gasteiger charge is -2.23. The molecule has 1 unspecified atom stereocenters. The average molecular weight is 250 g/mol. The molecule has 0 amide bonds. The third kappa shape index (κ3) is 3.04. The van der Waals surface area contributed by atoms with Crippen LogP contribution in [0.2, 0.25) is 0 Å². The summed E-state index contributed by atoms with van der Waals surface area (Å²) in [6, 6.07) is 1.94. The number of nitrogens with zero attached hydrogens (tertiary/aromatic N) is 5. The first kappa shape index (κ1) is 13.0. The molecule has 18 heavy (non-hydrogen) atoms. The van der Waals surface area contributed by atoms with Gasteiger partial charge in [-0.25, -0.2) is 4.68 Å². The molecule has 0 spiro atoms. The number of rotatable bonds is 4. The van der Waals surface area contributed by atoms with Crippen LogP contribution in [0.3, 0.4) is 0 Å². The van der Waals surface area contributed by atoms with Crippen molar-refractivity contribution in [3.8, 4) is 6.07 Å². The highest BCUT2D eigenvalue weighted by Gasteiger charge is 2.23. The molecule has 2 rings (SSSR count). The van der Waals surface area contributed by atoms with Gasteiger partial charge in [-0.15, -0.1) is 5.10 Å². The molecule has 1 aliphatic heterocycles. The lowest BCUT2D eigenvalue weighted by atomic mass is 10.2. The summed E-state index contributed by atoms with van der Waals surface area (Å²) in [6.45, 7) is 4.04. The van der Waals surface area contributed by atoms with E-state index in [0.29, 0.717) is 12.2 Å². The number of hydrogen-bond donors (Lipinski definition) is 2. The van der Waals surface area contributed by atoms with E-state index in [1.807, 2.05) is 0 Å². The van der Waals surface area contributed by atoms with Crippen molar-refractivity contribution in [3.05, 3.63) is 11.9 Å². The zero-order chi connectivity index (χ0) is 12.8. The predicted molar refractivity (Wildman–Crippen MR) is 64.5 cm³/mol. The minimum Gasteiger partial charge on any atom is -0.394 e. The zero-order valence-corrected chi connectivity index (χ0v) is 10.3. The topological polar surface area (TPSA) is 90.0 Å². The van der Waals surface area contributed by atoms with Gasteiger partial charge in [0.15, 0.2) is 0 Å². The van der Waals surface area contributed by atoms with Crippen molar-refractivity contribution in [2.75, 3.05) is 32.8 Å². The molecule has 7 nitrogen and oxygen atoms in total. The average Bonchev–Trinajstić information content (AvgIpc) is 2.66. The van der Waals surface area contributed by atoms with Gasteiger partial charge >= 0.3 is 0 Å². The first-order valence-electron chi connectivity index (χ1n) is 6.20. The van der Waals surface area contributed by atoms with Gasteiger partial charge in [-0.3, -0.25) is 4.90 Å². The second-order valence-electron chi connectivity index (χ2n) is 4.30. The number of nitriles is 1. The second kappa shape index (κ2) is 6.44. The van der Waals surface area contributed by atoms with Gasteiger partial charge in [0.25, 0.3) is 0 Å². The van der Waals surface area contributed by atoms with Crippen molar-refractivity contribution in [3.63, 3.8) is 0 Å². The van der Waals surface area contributed by atoms with Gasteiger partial charge < -0.3 is 10.4 Å². The predicted octanol–water partition coefficient (Wildman–Crippen LogP) is -0.870. The van der Waals surface area contributed by atoms with E-state index < -0.39 is 0 Å². The SMILES string of the molecule is N#CC(c1cn(CCO)nn1)N1CCCNCC1. The summed E-state index contributed by atoms with van der Waals surface area (Å²) in [5, 5.41) is 29.4. The number of aliphatic hydroxyl groups excluding tert-OH is 1. The van der Waals surface area contributed by atoms with E-state index in [1.165, 1.54) is 0 Å². The van der Waals surface area contributed by atoms with E-state index in [0.717, 1.165) is 32.6 Å². The van der Waals surface area contributed by atoms with Gasteiger partial charge in [-0.2, -0.15) is 5.26 Å². The molecular weight excluding hydrogens is 232 g/mol. The largest absolute Gasteiger partial charge is 0.394 e. The number of hydrogen-bond acceptors (Lipinski definition) is 6. The second-order valence-corrected chi connectivity index (χ2v) is 4.30.